The van der Waals surface area contributed by atoms with Crippen molar-refractivity contribution < 1.29 is 9.53 Å². The number of aryl methyl sites for hydroxylation is 2. The molecule has 2 aromatic heterocycles. The highest BCUT2D eigenvalue weighted by atomic mass is 16.5. The molecule has 0 spiro atoms. The number of primary amides is 1. The lowest BCUT2D eigenvalue weighted by Crippen LogP contribution is -2.46. The summed E-state index contributed by atoms with van der Waals surface area (Å²) in [7, 11) is 0. The summed E-state index contributed by atoms with van der Waals surface area (Å²) in [5, 5.41) is 10.3. The molecule has 0 radical (unpaired) electrons. The van der Waals surface area contributed by atoms with Crippen molar-refractivity contribution in [3.63, 3.8) is 0 Å². The highest BCUT2D eigenvalue weighted by Crippen LogP contribution is 2.28. The van der Waals surface area contributed by atoms with E-state index in [2.05, 4.69) is 49.2 Å². The Labute approximate surface area is 221 Å². The van der Waals surface area contributed by atoms with E-state index in [1.54, 1.807) is 0 Å². The number of piperazine rings is 1. The van der Waals surface area contributed by atoms with Gasteiger partial charge in [0.25, 0.3) is 5.91 Å². The third kappa shape index (κ3) is 5.76. The van der Waals surface area contributed by atoms with Crippen LogP contribution in [0.4, 0.5) is 5.69 Å². The molecule has 3 heterocycles. The van der Waals surface area contributed by atoms with Crippen LogP contribution in [0.15, 0.2) is 54.9 Å². The van der Waals surface area contributed by atoms with E-state index in [0.29, 0.717) is 11.3 Å². The minimum Gasteiger partial charge on any atom is -0.424 e. The number of unbranched alkanes of at least 4 members (excludes halogenated alkanes) is 1. The second kappa shape index (κ2) is 11.3. The van der Waals surface area contributed by atoms with Crippen molar-refractivity contribution in [3.8, 4) is 17.8 Å². The van der Waals surface area contributed by atoms with E-state index in [9.17, 15) is 10.1 Å². The predicted octanol–water partition coefficient (Wildman–Crippen LogP) is 4.17. The van der Waals surface area contributed by atoms with E-state index in [-0.39, 0.29) is 11.7 Å². The van der Waals surface area contributed by atoms with Crippen molar-refractivity contribution in [2.75, 3.05) is 37.6 Å². The minimum atomic E-state index is -0.618. The number of H-pyrrole nitrogens is 1. The van der Waals surface area contributed by atoms with Gasteiger partial charge < -0.3 is 20.4 Å². The number of hydrogen-bond donors (Lipinski definition) is 2. The van der Waals surface area contributed by atoms with Gasteiger partial charge in [0.2, 0.25) is 0 Å². The molecule has 0 atom stereocenters. The van der Waals surface area contributed by atoms with Crippen LogP contribution >= 0.6 is 0 Å². The van der Waals surface area contributed by atoms with Crippen LogP contribution in [0.25, 0.3) is 10.9 Å². The van der Waals surface area contributed by atoms with E-state index >= 15 is 0 Å². The Morgan fingerprint density at radius 1 is 1.13 bits per heavy atom. The maximum Gasteiger partial charge on any atom is 0.322 e. The van der Waals surface area contributed by atoms with Gasteiger partial charge in [0.15, 0.2) is 0 Å². The Morgan fingerprint density at radius 2 is 1.97 bits per heavy atom. The van der Waals surface area contributed by atoms with Crippen molar-refractivity contribution in [1.82, 2.24) is 19.9 Å². The number of rotatable bonds is 9. The number of carbonyl (C=O) groups is 1. The molecule has 5 rings (SSSR count). The smallest absolute Gasteiger partial charge is 0.322 e. The topological polar surface area (TPSA) is 124 Å². The summed E-state index contributed by atoms with van der Waals surface area (Å²) in [5.41, 5.74) is 10.6. The summed E-state index contributed by atoms with van der Waals surface area (Å²) in [5.74, 6) is 0.0286. The number of nitrogens with two attached hydrogens (primary N) is 1. The molecule has 194 valence electrons. The predicted molar refractivity (Wildman–Crippen MR) is 146 cm³/mol. The summed E-state index contributed by atoms with van der Waals surface area (Å²) in [4.78, 5) is 27.7. The van der Waals surface area contributed by atoms with Gasteiger partial charge in [0, 0.05) is 55.2 Å². The molecule has 9 heteroatoms. The fourth-order valence-electron chi connectivity index (χ4n) is 4.91. The highest BCUT2D eigenvalue weighted by molar-refractivity contribution is 5.90. The molecule has 3 N–H and O–H groups in total. The molecule has 38 heavy (non-hydrogen) atoms. The minimum absolute atomic E-state index is 0.0994. The van der Waals surface area contributed by atoms with Crippen LogP contribution in [-0.2, 0) is 6.42 Å². The summed E-state index contributed by atoms with van der Waals surface area (Å²) >= 11 is 0. The lowest BCUT2D eigenvalue weighted by atomic mass is 10.1. The van der Waals surface area contributed by atoms with Crippen LogP contribution < -0.4 is 15.4 Å². The number of ether oxygens (including phenoxy) is 1. The molecule has 1 aliphatic rings. The molecular weight excluding hydrogens is 478 g/mol. The molecule has 4 aromatic rings. The Kier molecular flexibility index (Phi) is 7.52. The summed E-state index contributed by atoms with van der Waals surface area (Å²) in [6.45, 7) is 7.09. The number of nitriles is 1. The largest absolute Gasteiger partial charge is 0.424 e. The summed E-state index contributed by atoms with van der Waals surface area (Å²) in [6, 6.07) is 15.7. The second-order valence-electron chi connectivity index (χ2n) is 9.61. The number of fused-ring (bicyclic) bond motifs is 1. The van der Waals surface area contributed by atoms with Crippen LogP contribution in [0.3, 0.4) is 0 Å². The maximum absolute atomic E-state index is 11.4. The molecule has 0 unspecified atom stereocenters. The van der Waals surface area contributed by atoms with Crippen LogP contribution in [-0.4, -0.2) is 58.5 Å². The van der Waals surface area contributed by atoms with Crippen LogP contribution in [0.5, 0.6) is 11.8 Å². The third-order valence-corrected chi connectivity index (χ3v) is 7.05. The van der Waals surface area contributed by atoms with Gasteiger partial charge in [-0.15, -0.1) is 0 Å². The SMILES string of the molecule is Cc1cc(N2CCN(CCCCc3c[nH]c4ccc(C#N)cc34)CC2)ccc1Oc1nccc(C(N)=O)n1. The van der Waals surface area contributed by atoms with Gasteiger partial charge in [0.05, 0.1) is 11.6 Å². The van der Waals surface area contributed by atoms with E-state index < -0.39 is 5.91 Å². The molecule has 1 fully saturated rings. The van der Waals surface area contributed by atoms with Gasteiger partial charge in [-0.2, -0.15) is 10.2 Å². The van der Waals surface area contributed by atoms with Crippen LogP contribution in [0, 0.1) is 18.3 Å². The Balaban J connectivity index is 1.09. The number of carbonyl (C=O) groups excluding carboxylic acids is 1. The number of hydrogen-bond acceptors (Lipinski definition) is 7. The van der Waals surface area contributed by atoms with Crippen LogP contribution in [0.2, 0.25) is 0 Å². The lowest BCUT2D eigenvalue weighted by molar-refractivity contribution is 0.0994. The Morgan fingerprint density at radius 3 is 2.74 bits per heavy atom. The molecule has 9 nitrogen and oxygen atoms in total. The van der Waals surface area contributed by atoms with Gasteiger partial charge in [0.1, 0.15) is 11.4 Å². The van der Waals surface area contributed by atoms with Crippen molar-refractivity contribution in [2.24, 2.45) is 5.73 Å². The number of nitrogens with one attached hydrogen (secondary N) is 1. The van der Waals surface area contributed by atoms with Gasteiger partial charge in [-0.05, 0) is 86.3 Å². The molecule has 1 aliphatic heterocycles. The van der Waals surface area contributed by atoms with Gasteiger partial charge in [-0.1, -0.05) is 0 Å². The number of anilines is 1. The normalized spacial score (nSPS) is 13.9. The van der Waals surface area contributed by atoms with Crippen molar-refractivity contribution in [3.05, 3.63) is 77.2 Å². The Hall–Kier alpha value is -4.42. The van der Waals surface area contributed by atoms with Gasteiger partial charge in [-0.25, -0.2) is 4.98 Å². The molecule has 0 aliphatic carbocycles. The molecule has 0 saturated carbocycles. The quantitative estimate of drug-likeness (QED) is 0.324. The summed E-state index contributed by atoms with van der Waals surface area (Å²) < 4.78 is 5.80. The zero-order valence-corrected chi connectivity index (χ0v) is 21.5. The molecule has 1 saturated heterocycles. The highest BCUT2D eigenvalue weighted by Gasteiger charge is 2.18. The zero-order chi connectivity index (χ0) is 26.5. The van der Waals surface area contributed by atoms with Crippen LogP contribution in [0.1, 0.15) is 40.0 Å². The number of benzene rings is 2. The first-order chi connectivity index (χ1) is 18.5. The van der Waals surface area contributed by atoms with Crippen molar-refractivity contribution >= 4 is 22.5 Å². The monoisotopic (exact) mass is 509 g/mol. The van der Waals surface area contributed by atoms with E-state index in [4.69, 9.17) is 10.5 Å². The fraction of sp³-hybridized carbons (Fsp3) is 0.310. The number of aromatic nitrogens is 3. The molecular formula is C29H31N7O2. The van der Waals surface area contributed by atoms with E-state index in [1.807, 2.05) is 31.2 Å². The first-order valence-corrected chi connectivity index (χ1v) is 12.9. The number of amides is 1. The maximum atomic E-state index is 11.4. The van der Waals surface area contributed by atoms with Crippen molar-refractivity contribution in [1.29, 1.82) is 5.26 Å². The third-order valence-electron chi connectivity index (χ3n) is 7.05. The van der Waals surface area contributed by atoms with E-state index in [0.717, 1.165) is 74.1 Å². The van der Waals surface area contributed by atoms with Gasteiger partial charge >= 0.3 is 6.01 Å². The first-order valence-electron chi connectivity index (χ1n) is 12.9. The second-order valence-corrected chi connectivity index (χ2v) is 9.61. The standard InChI is InChI=1S/C29H31N7O2/c1-20-16-23(6-8-27(20)38-29-32-10-9-26(34-29)28(31)37)36-14-12-35(13-15-36)11-3-2-4-22-19-33-25-7-5-21(18-30)17-24(22)25/h5-10,16-17,19,33H,2-4,11-15H2,1H3,(H2,31,37). The van der Waals surface area contributed by atoms with Crippen molar-refractivity contribution in [2.45, 2.75) is 26.2 Å². The fourth-order valence-corrected chi connectivity index (χ4v) is 4.91. The molecule has 0 bridgehead atoms. The average molecular weight is 510 g/mol. The average Bonchev–Trinajstić information content (AvgIpc) is 3.34. The Bertz CT molecular complexity index is 1480. The molecule has 2 aromatic carbocycles. The van der Waals surface area contributed by atoms with Gasteiger partial charge in [-0.3, -0.25) is 9.69 Å². The number of nitrogens with zero attached hydrogens (tertiary/aromatic N) is 5. The molecule has 1 amide bonds. The van der Waals surface area contributed by atoms with E-state index in [1.165, 1.54) is 17.8 Å². The number of aromatic amines is 1. The lowest BCUT2D eigenvalue weighted by Gasteiger charge is -2.36. The summed E-state index contributed by atoms with van der Waals surface area (Å²) in [6.07, 6.45) is 6.82. The first kappa shape index (κ1) is 25.2. The zero-order valence-electron chi connectivity index (χ0n) is 21.5.